The molecule has 174 valence electrons. The van der Waals surface area contributed by atoms with Crippen molar-refractivity contribution < 1.29 is 18.3 Å². The van der Waals surface area contributed by atoms with Gasteiger partial charge in [-0.15, -0.1) is 0 Å². The first kappa shape index (κ1) is 25.1. The molecule has 1 N–H and O–H groups in total. The molecule has 0 spiro atoms. The highest BCUT2D eigenvalue weighted by molar-refractivity contribution is 6.39. The van der Waals surface area contributed by atoms with Crippen molar-refractivity contribution in [3.63, 3.8) is 0 Å². The lowest BCUT2D eigenvalue weighted by atomic mass is 9.93. The lowest BCUT2D eigenvalue weighted by molar-refractivity contribution is -0.137. The normalized spacial score (nSPS) is 13.4. The van der Waals surface area contributed by atoms with Crippen molar-refractivity contribution in [2.24, 2.45) is 0 Å². The van der Waals surface area contributed by atoms with Crippen LogP contribution >= 0.6 is 23.2 Å². The Hall–Kier alpha value is -1.53. The molecule has 0 bridgehead atoms. The Kier molecular flexibility index (Phi) is 8.31. The van der Waals surface area contributed by atoms with E-state index >= 15 is 0 Å². The van der Waals surface area contributed by atoms with Crippen LogP contribution in [0.1, 0.15) is 56.8 Å². The molecule has 0 heterocycles. The topological polar surface area (TPSA) is 23.5 Å². The van der Waals surface area contributed by atoms with Gasteiger partial charge in [-0.1, -0.05) is 56.0 Å². The molecular weight excluding hydrogens is 458 g/mol. The van der Waals surface area contributed by atoms with Crippen molar-refractivity contribution in [1.29, 1.82) is 0 Å². The Morgan fingerprint density at radius 3 is 2.09 bits per heavy atom. The molecule has 0 saturated heterocycles. The molecule has 0 saturated carbocycles. The van der Waals surface area contributed by atoms with E-state index in [1.807, 2.05) is 0 Å². The third-order valence-electron chi connectivity index (χ3n) is 5.79. The second-order valence-electron chi connectivity index (χ2n) is 8.23. The minimum Gasteiger partial charge on any atom is -0.387 e. The predicted octanol–water partition coefficient (Wildman–Crippen LogP) is 8.25. The molecule has 0 radical (unpaired) electrons. The maximum absolute atomic E-state index is 13.4. The van der Waals surface area contributed by atoms with Crippen molar-refractivity contribution in [3.8, 4) is 0 Å². The zero-order valence-corrected chi connectivity index (χ0v) is 19.8. The van der Waals surface area contributed by atoms with Gasteiger partial charge in [-0.3, -0.25) is 0 Å². The molecule has 0 aliphatic heterocycles. The van der Waals surface area contributed by atoms with Gasteiger partial charge < -0.3 is 10.0 Å². The summed E-state index contributed by atoms with van der Waals surface area (Å²) in [6.45, 7) is 6.39. The number of halogens is 5. The average Bonchev–Trinajstić information content (AvgIpc) is 2.74. The van der Waals surface area contributed by atoms with Crippen LogP contribution in [0.2, 0.25) is 10.0 Å². The number of hydrogen-bond donors (Lipinski definition) is 1. The fourth-order valence-corrected chi connectivity index (χ4v) is 4.61. The predicted molar refractivity (Wildman–Crippen MR) is 128 cm³/mol. The van der Waals surface area contributed by atoms with E-state index in [9.17, 15) is 18.3 Å². The van der Waals surface area contributed by atoms with Gasteiger partial charge in [0.25, 0.3) is 0 Å². The fraction of sp³-hybridized carbons (Fsp3) is 0.440. The average molecular weight is 486 g/mol. The largest absolute Gasteiger partial charge is 0.416 e. The Balaban J connectivity index is 2.14. The molecule has 3 aromatic carbocycles. The number of benzene rings is 3. The third kappa shape index (κ3) is 5.69. The molecule has 0 fully saturated rings. The Bertz CT molecular complexity index is 1080. The summed E-state index contributed by atoms with van der Waals surface area (Å²) in [5, 5.41) is 13.9. The number of fused-ring (bicyclic) bond motifs is 3. The number of aliphatic hydroxyl groups excluding tert-OH is 1. The number of unbranched alkanes of at least 4 members (excludes halogenated alkanes) is 2. The van der Waals surface area contributed by atoms with Crippen LogP contribution in [0.25, 0.3) is 21.5 Å². The van der Waals surface area contributed by atoms with Crippen LogP contribution in [0.15, 0.2) is 36.4 Å². The molecule has 0 aromatic heterocycles. The Morgan fingerprint density at radius 2 is 1.50 bits per heavy atom. The van der Waals surface area contributed by atoms with Crippen LogP contribution in [-0.4, -0.2) is 29.6 Å². The maximum atomic E-state index is 13.4. The molecule has 2 nitrogen and oxygen atoms in total. The standard InChI is InChI=1S/C25H28Cl2F3NO/c1-3-5-9-31(10-6-4-2)15-24(32)22-14-21-20(12-17(26)13-23(21)27)19-11-16(25(28,29)30)7-8-18(19)22/h7-8,11-14,24,32H,3-6,9-10,15H2,1-2H3/t24-/m0/s1. The first-order valence-electron chi connectivity index (χ1n) is 11.0. The van der Waals surface area contributed by atoms with Gasteiger partial charge in [-0.25, -0.2) is 0 Å². The first-order chi connectivity index (χ1) is 15.2. The van der Waals surface area contributed by atoms with Crippen LogP contribution in [0.4, 0.5) is 13.2 Å². The van der Waals surface area contributed by atoms with E-state index < -0.39 is 17.8 Å². The molecule has 1 atom stereocenters. The number of alkyl halides is 3. The summed E-state index contributed by atoms with van der Waals surface area (Å²) in [7, 11) is 0. The molecule has 0 aliphatic rings. The van der Waals surface area contributed by atoms with Gasteiger partial charge in [-0.05, 0) is 78.0 Å². The number of rotatable bonds is 9. The van der Waals surface area contributed by atoms with Gasteiger partial charge in [-0.2, -0.15) is 13.2 Å². The van der Waals surface area contributed by atoms with E-state index in [0.29, 0.717) is 43.7 Å². The van der Waals surface area contributed by atoms with Gasteiger partial charge in [0, 0.05) is 22.0 Å². The second kappa shape index (κ2) is 10.6. The van der Waals surface area contributed by atoms with E-state index in [-0.39, 0.29) is 0 Å². The van der Waals surface area contributed by atoms with Crippen molar-refractivity contribution >= 4 is 44.7 Å². The van der Waals surface area contributed by atoms with Crippen LogP contribution in [0, 0.1) is 0 Å². The zero-order valence-electron chi connectivity index (χ0n) is 18.3. The summed E-state index contributed by atoms with van der Waals surface area (Å²) in [6.07, 6.45) is -1.20. The summed E-state index contributed by atoms with van der Waals surface area (Å²) in [4.78, 5) is 2.22. The monoisotopic (exact) mass is 485 g/mol. The van der Waals surface area contributed by atoms with Crippen molar-refractivity contribution in [1.82, 2.24) is 4.90 Å². The number of aliphatic hydroxyl groups is 1. The second-order valence-corrected chi connectivity index (χ2v) is 9.07. The summed E-state index contributed by atoms with van der Waals surface area (Å²) >= 11 is 12.6. The van der Waals surface area contributed by atoms with Gasteiger partial charge in [0.05, 0.1) is 11.7 Å². The highest BCUT2D eigenvalue weighted by Gasteiger charge is 2.31. The van der Waals surface area contributed by atoms with E-state index in [2.05, 4.69) is 18.7 Å². The van der Waals surface area contributed by atoms with E-state index in [1.165, 1.54) is 6.07 Å². The molecule has 3 rings (SSSR count). The first-order valence-corrected chi connectivity index (χ1v) is 11.7. The van der Waals surface area contributed by atoms with E-state index in [0.717, 1.165) is 50.9 Å². The quantitative estimate of drug-likeness (QED) is 0.308. The smallest absolute Gasteiger partial charge is 0.387 e. The van der Waals surface area contributed by atoms with Gasteiger partial charge >= 0.3 is 6.18 Å². The molecule has 0 aliphatic carbocycles. The fourth-order valence-electron chi connectivity index (χ4n) is 4.06. The zero-order chi connectivity index (χ0) is 23.5. The highest BCUT2D eigenvalue weighted by Crippen LogP contribution is 2.40. The highest BCUT2D eigenvalue weighted by atomic mass is 35.5. The Labute approximate surface area is 196 Å². The van der Waals surface area contributed by atoms with Crippen molar-refractivity contribution in [2.45, 2.75) is 51.8 Å². The lowest BCUT2D eigenvalue weighted by Crippen LogP contribution is -2.30. The summed E-state index contributed by atoms with van der Waals surface area (Å²) in [6, 6.07) is 8.58. The summed E-state index contributed by atoms with van der Waals surface area (Å²) < 4.78 is 40.3. The minimum absolute atomic E-state index is 0.342. The molecule has 0 unspecified atom stereocenters. The van der Waals surface area contributed by atoms with Crippen molar-refractivity contribution in [3.05, 3.63) is 57.6 Å². The molecule has 0 amide bonds. The number of nitrogens with zero attached hydrogens (tertiary/aromatic N) is 1. The maximum Gasteiger partial charge on any atom is 0.416 e. The van der Waals surface area contributed by atoms with Crippen LogP contribution in [0.5, 0.6) is 0 Å². The Morgan fingerprint density at radius 1 is 0.875 bits per heavy atom. The van der Waals surface area contributed by atoms with Gasteiger partial charge in [0.2, 0.25) is 0 Å². The summed E-state index contributed by atoms with van der Waals surface area (Å²) in [5.41, 5.74) is -0.176. The molecule has 32 heavy (non-hydrogen) atoms. The summed E-state index contributed by atoms with van der Waals surface area (Å²) in [5.74, 6) is 0. The van der Waals surface area contributed by atoms with Crippen LogP contribution < -0.4 is 0 Å². The van der Waals surface area contributed by atoms with E-state index in [4.69, 9.17) is 23.2 Å². The van der Waals surface area contributed by atoms with Crippen LogP contribution in [-0.2, 0) is 6.18 Å². The molecule has 7 heteroatoms. The number of hydrogen-bond acceptors (Lipinski definition) is 2. The minimum atomic E-state index is -4.48. The van der Waals surface area contributed by atoms with Gasteiger partial charge in [0.1, 0.15) is 0 Å². The third-order valence-corrected chi connectivity index (χ3v) is 6.32. The van der Waals surface area contributed by atoms with Crippen molar-refractivity contribution in [2.75, 3.05) is 19.6 Å². The van der Waals surface area contributed by atoms with Gasteiger partial charge in [0.15, 0.2) is 0 Å². The molecular formula is C25H28Cl2F3NO. The van der Waals surface area contributed by atoms with Crippen LogP contribution in [0.3, 0.4) is 0 Å². The van der Waals surface area contributed by atoms with E-state index in [1.54, 1.807) is 18.2 Å². The molecule has 3 aromatic rings. The lowest BCUT2D eigenvalue weighted by Gasteiger charge is -2.26. The SMILES string of the molecule is CCCCN(CCCC)C[C@H](O)c1cc2c(Cl)cc(Cl)cc2c2cc(C(F)(F)F)ccc12.